The van der Waals surface area contributed by atoms with Gasteiger partial charge in [0.1, 0.15) is 13.2 Å². The van der Waals surface area contributed by atoms with Crippen LogP contribution >= 0.6 is 0 Å². The molecule has 0 saturated heterocycles. The number of rotatable bonds is 47. The van der Waals surface area contributed by atoms with Crippen LogP contribution in [0, 0.1) is 0 Å². The lowest BCUT2D eigenvalue weighted by molar-refractivity contribution is -0.167. The molecule has 0 heterocycles. The summed E-state index contributed by atoms with van der Waals surface area (Å²) in [5, 5.41) is 0. The lowest BCUT2D eigenvalue weighted by Crippen LogP contribution is -2.30. The maximum Gasteiger partial charge on any atom is 0.306 e. The highest BCUT2D eigenvalue weighted by Crippen LogP contribution is 2.15. The normalized spacial score (nSPS) is 12.1. The van der Waals surface area contributed by atoms with Crippen molar-refractivity contribution < 1.29 is 28.6 Å². The van der Waals surface area contributed by atoms with Gasteiger partial charge in [-0.3, -0.25) is 14.4 Å². The van der Waals surface area contributed by atoms with Crippen LogP contribution in [0.3, 0.4) is 0 Å². The molecule has 1 unspecified atom stereocenters. The molecular weight excluding hydrogens is 733 g/mol. The maximum atomic E-state index is 12.7. The van der Waals surface area contributed by atoms with E-state index in [9.17, 15) is 14.4 Å². The average Bonchev–Trinajstić information content (AvgIpc) is 3.23. The lowest BCUT2D eigenvalue weighted by Gasteiger charge is -2.18. The zero-order chi connectivity index (χ0) is 43.0. The summed E-state index contributed by atoms with van der Waals surface area (Å²) in [4.78, 5) is 37.8. The molecule has 0 aromatic heterocycles. The number of hydrogen-bond acceptors (Lipinski definition) is 6. The van der Waals surface area contributed by atoms with Gasteiger partial charge >= 0.3 is 17.9 Å². The Labute approximate surface area is 366 Å². The van der Waals surface area contributed by atoms with E-state index in [-0.39, 0.29) is 31.1 Å². The molecule has 0 rings (SSSR count). The summed E-state index contributed by atoms with van der Waals surface area (Å²) in [5.74, 6) is -0.877. The van der Waals surface area contributed by atoms with Crippen molar-refractivity contribution in [3.05, 3.63) is 24.3 Å². The topological polar surface area (TPSA) is 78.9 Å². The van der Waals surface area contributed by atoms with E-state index in [2.05, 4.69) is 45.1 Å². The van der Waals surface area contributed by atoms with E-state index in [0.29, 0.717) is 19.3 Å². The van der Waals surface area contributed by atoms with Gasteiger partial charge in [0.25, 0.3) is 0 Å². The third kappa shape index (κ3) is 46.8. The highest BCUT2D eigenvalue weighted by atomic mass is 16.6. The van der Waals surface area contributed by atoms with Crippen LogP contribution in [-0.4, -0.2) is 37.2 Å². The van der Waals surface area contributed by atoms with E-state index in [1.807, 2.05) is 0 Å². The van der Waals surface area contributed by atoms with E-state index >= 15 is 0 Å². The molecule has 1 atom stereocenters. The van der Waals surface area contributed by atoms with Gasteiger partial charge in [-0.2, -0.15) is 0 Å². The zero-order valence-electron chi connectivity index (χ0n) is 39.5. The van der Waals surface area contributed by atoms with Crippen molar-refractivity contribution >= 4 is 17.9 Å². The van der Waals surface area contributed by atoms with Crippen LogP contribution in [0.1, 0.15) is 278 Å². The van der Waals surface area contributed by atoms with Crippen LogP contribution in [0.25, 0.3) is 0 Å². The molecule has 0 aromatic rings. The second-order valence-corrected chi connectivity index (χ2v) is 17.4. The Morgan fingerprint density at radius 3 is 0.898 bits per heavy atom. The van der Waals surface area contributed by atoms with Crippen molar-refractivity contribution in [3.8, 4) is 0 Å². The minimum atomic E-state index is -0.770. The fourth-order valence-electron chi connectivity index (χ4n) is 7.48. The van der Waals surface area contributed by atoms with Gasteiger partial charge in [0.15, 0.2) is 6.10 Å². The molecule has 59 heavy (non-hydrogen) atoms. The van der Waals surface area contributed by atoms with Gasteiger partial charge in [0.2, 0.25) is 0 Å². The van der Waals surface area contributed by atoms with Gasteiger partial charge in [0, 0.05) is 19.3 Å². The summed E-state index contributed by atoms with van der Waals surface area (Å²) in [5.41, 5.74) is 0. The molecule has 0 aliphatic rings. The number of ether oxygens (including phenoxy) is 3. The number of carbonyl (C=O) groups excluding carboxylic acids is 3. The van der Waals surface area contributed by atoms with Crippen LogP contribution in [0.5, 0.6) is 0 Å². The van der Waals surface area contributed by atoms with Crippen LogP contribution in [0.4, 0.5) is 0 Å². The van der Waals surface area contributed by atoms with E-state index in [0.717, 1.165) is 64.2 Å². The van der Waals surface area contributed by atoms with Gasteiger partial charge < -0.3 is 14.2 Å². The predicted molar refractivity (Wildman–Crippen MR) is 252 cm³/mol. The summed E-state index contributed by atoms with van der Waals surface area (Å²) in [6, 6.07) is 0. The number of unbranched alkanes of at least 4 members (excludes halogenated alkanes) is 32. The van der Waals surface area contributed by atoms with Gasteiger partial charge in [-0.15, -0.1) is 0 Å². The smallest absolute Gasteiger partial charge is 0.306 e. The van der Waals surface area contributed by atoms with Gasteiger partial charge in [-0.25, -0.2) is 0 Å². The van der Waals surface area contributed by atoms with E-state index in [1.165, 1.54) is 173 Å². The molecule has 0 aliphatic heterocycles. The Hall–Kier alpha value is -2.11. The molecule has 0 bridgehead atoms. The van der Waals surface area contributed by atoms with Crippen LogP contribution in [0.15, 0.2) is 24.3 Å². The van der Waals surface area contributed by atoms with E-state index in [4.69, 9.17) is 14.2 Å². The second-order valence-electron chi connectivity index (χ2n) is 17.4. The second kappa shape index (κ2) is 48.6. The van der Waals surface area contributed by atoms with Crippen molar-refractivity contribution in [2.24, 2.45) is 0 Å². The molecule has 346 valence electrons. The summed E-state index contributed by atoms with van der Waals surface area (Å²) >= 11 is 0. The zero-order valence-corrected chi connectivity index (χ0v) is 39.5. The van der Waals surface area contributed by atoms with Crippen LogP contribution in [-0.2, 0) is 28.6 Å². The summed E-state index contributed by atoms with van der Waals surface area (Å²) in [7, 11) is 0. The van der Waals surface area contributed by atoms with Crippen molar-refractivity contribution in [3.63, 3.8) is 0 Å². The van der Waals surface area contributed by atoms with E-state index in [1.54, 1.807) is 0 Å². The molecule has 0 saturated carbocycles. The average molecular weight is 831 g/mol. The first-order valence-electron chi connectivity index (χ1n) is 25.8. The van der Waals surface area contributed by atoms with E-state index < -0.39 is 6.10 Å². The number of esters is 3. The highest BCUT2D eigenvalue weighted by molar-refractivity contribution is 5.71. The molecular formula is C53H98O6. The lowest BCUT2D eigenvalue weighted by atomic mass is 10.1. The van der Waals surface area contributed by atoms with Crippen molar-refractivity contribution in [1.82, 2.24) is 0 Å². The molecule has 0 N–H and O–H groups in total. The third-order valence-electron chi connectivity index (χ3n) is 11.4. The standard InChI is InChI=1S/C53H98O6/c1-4-7-10-13-16-19-21-22-23-24-25-26-27-28-29-30-32-34-37-40-43-46-52(55)58-49-50(48-57-51(54)45-42-39-36-33-18-15-12-9-6-3)59-53(56)47-44-41-38-35-31-20-17-14-11-8-5-2/h14,17,24-25,50H,4-13,15-16,18-23,26-49H2,1-3H3/b17-14-,25-24-. The molecule has 0 aliphatic carbocycles. The van der Waals surface area contributed by atoms with Crippen LogP contribution in [0.2, 0.25) is 0 Å². The first-order valence-corrected chi connectivity index (χ1v) is 25.8. The molecule has 6 heteroatoms. The Balaban J connectivity index is 4.20. The Morgan fingerprint density at radius 1 is 0.322 bits per heavy atom. The summed E-state index contributed by atoms with van der Waals surface area (Å²) in [6.07, 6.45) is 54.6. The predicted octanol–water partition coefficient (Wildman–Crippen LogP) is 16.8. The number of allylic oxidation sites excluding steroid dienone is 4. The molecule has 0 amide bonds. The molecule has 0 spiro atoms. The van der Waals surface area contributed by atoms with Crippen LogP contribution < -0.4 is 0 Å². The number of hydrogen-bond donors (Lipinski definition) is 0. The van der Waals surface area contributed by atoms with Crippen molar-refractivity contribution in [2.75, 3.05) is 13.2 Å². The minimum Gasteiger partial charge on any atom is -0.462 e. The maximum absolute atomic E-state index is 12.7. The monoisotopic (exact) mass is 831 g/mol. The third-order valence-corrected chi connectivity index (χ3v) is 11.4. The SMILES string of the molecule is CCCC/C=C\CCCCCCCC(=O)OC(COC(=O)CCCCCCCCCCC)COC(=O)CCCCCCCCCCC/C=C\CCCCCCCCCC. The summed E-state index contributed by atoms with van der Waals surface area (Å²) < 4.78 is 16.7. The minimum absolute atomic E-state index is 0.0723. The largest absolute Gasteiger partial charge is 0.462 e. The molecule has 0 radical (unpaired) electrons. The molecule has 0 aromatic carbocycles. The molecule has 6 nitrogen and oxygen atoms in total. The van der Waals surface area contributed by atoms with Gasteiger partial charge in [0.05, 0.1) is 0 Å². The fourth-order valence-corrected chi connectivity index (χ4v) is 7.48. The first kappa shape index (κ1) is 56.9. The first-order chi connectivity index (χ1) is 29.0. The van der Waals surface area contributed by atoms with Crippen molar-refractivity contribution in [1.29, 1.82) is 0 Å². The Morgan fingerprint density at radius 2 is 0.576 bits per heavy atom. The number of carbonyl (C=O) groups is 3. The highest BCUT2D eigenvalue weighted by Gasteiger charge is 2.19. The summed E-state index contributed by atoms with van der Waals surface area (Å²) in [6.45, 7) is 6.59. The molecule has 0 fully saturated rings. The Kier molecular flexibility index (Phi) is 46.8. The van der Waals surface area contributed by atoms with Crippen molar-refractivity contribution in [2.45, 2.75) is 284 Å². The Bertz CT molecular complexity index is 958. The quantitative estimate of drug-likeness (QED) is 0.0263. The fraction of sp³-hybridized carbons (Fsp3) is 0.868. The van der Waals surface area contributed by atoms with Gasteiger partial charge in [-0.1, -0.05) is 218 Å². The van der Waals surface area contributed by atoms with Gasteiger partial charge in [-0.05, 0) is 64.2 Å².